The zero-order chi connectivity index (χ0) is 44.5. The van der Waals surface area contributed by atoms with Crippen molar-refractivity contribution in [3.05, 3.63) is 100 Å². The Balaban J connectivity index is 0.962. The van der Waals surface area contributed by atoms with Crippen LogP contribution in [0.4, 0.5) is 14.6 Å². The van der Waals surface area contributed by atoms with Crippen molar-refractivity contribution in [3.63, 3.8) is 0 Å². The van der Waals surface area contributed by atoms with E-state index in [1.807, 2.05) is 13.8 Å². The molecule has 0 saturated carbocycles. The van der Waals surface area contributed by atoms with Crippen molar-refractivity contribution < 1.29 is 53.1 Å². The van der Waals surface area contributed by atoms with Crippen LogP contribution in [-0.2, 0) is 9.53 Å². The van der Waals surface area contributed by atoms with Gasteiger partial charge in [-0.2, -0.15) is 13.8 Å². The van der Waals surface area contributed by atoms with E-state index in [0.717, 1.165) is 12.3 Å². The van der Waals surface area contributed by atoms with Gasteiger partial charge in [0.1, 0.15) is 34.9 Å². The van der Waals surface area contributed by atoms with Crippen LogP contribution in [0.15, 0.2) is 77.7 Å². The molecule has 0 bridgehead atoms. The molecule has 3 aromatic carbocycles. The molecule has 2 fully saturated rings. The second-order valence-electron chi connectivity index (χ2n) is 15.1. The summed E-state index contributed by atoms with van der Waals surface area (Å²) in [6, 6.07) is 17.2. The maximum atomic E-state index is 14.5. The van der Waals surface area contributed by atoms with Crippen molar-refractivity contribution in [1.29, 1.82) is 0 Å². The molecule has 4 heterocycles. The SMILES string of the molecule is CCNC(=O)c1nnc(-c2cc(C(C)C)c(O)cc2O)n1-c1ccc(Oc2ccc(C(=O)N3CCC(C(=O)Nc4ccn([C@H]5O[C@@H](CO)[C@H](O)C5(F)F)c(=O)n4)CC3)cc2)cc1. The number of nitrogens with one attached hydrogen (secondary N) is 2. The van der Waals surface area contributed by atoms with Crippen molar-refractivity contribution in [1.82, 2.24) is 34.5 Å². The predicted molar refractivity (Wildman–Crippen MR) is 216 cm³/mol. The second-order valence-corrected chi connectivity index (χ2v) is 15.1. The van der Waals surface area contributed by atoms with Crippen LogP contribution in [0.1, 0.15) is 72.3 Å². The van der Waals surface area contributed by atoms with Crippen molar-refractivity contribution in [2.45, 2.75) is 63.9 Å². The van der Waals surface area contributed by atoms with Gasteiger partial charge in [0.05, 0.1) is 12.2 Å². The maximum Gasteiger partial charge on any atom is 0.351 e. The van der Waals surface area contributed by atoms with Crippen LogP contribution < -0.4 is 21.1 Å². The first-order valence-corrected chi connectivity index (χ1v) is 19.8. The lowest BCUT2D eigenvalue weighted by Crippen LogP contribution is -2.42. The van der Waals surface area contributed by atoms with Crippen molar-refractivity contribution >= 4 is 23.5 Å². The highest BCUT2D eigenvalue weighted by molar-refractivity contribution is 5.95. The summed E-state index contributed by atoms with van der Waals surface area (Å²) in [5.74, 6) is -5.12. The summed E-state index contributed by atoms with van der Waals surface area (Å²) >= 11 is 0. The summed E-state index contributed by atoms with van der Waals surface area (Å²) in [5.41, 5.74) is 0.573. The minimum Gasteiger partial charge on any atom is -0.508 e. The number of benzene rings is 3. The molecule has 2 aliphatic rings. The number of carbonyl (C=O) groups is 3. The van der Waals surface area contributed by atoms with Gasteiger partial charge in [-0.25, -0.2) is 4.79 Å². The molecule has 62 heavy (non-hydrogen) atoms. The number of aliphatic hydroxyl groups excluding tert-OH is 2. The number of alkyl halides is 2. The number of halogens is 2. The molecular weight excluding hydrogens is 815 g/mol. The lowest BCUT2D eigenvalue weighted by Gasteiger charge is -2.31. The fourth-order valence-corrected chi connectivity index (χ4v) is 7.33. The molecule has 3 atom stereocenters. The molecule has 2 saturated heterocycles. The quantitative estimate of drug-likeness (QED) is 0.104. The number of rotatable bonds is 12. The standard InChI is InChI=1S/C42H44F2N8O10/c1-4-45-38(58)36-49-48-35(29-19-28(22(2)3)30(54)20-31(29)55)52(36)25-7-11-27(12-8-25)61-26-9-5-24(6-10-26)39(59)50-16-13-23(14-17-50)37(57)46-33-15-18-51(41(60)47-33)40-42(43,44)34(56)32(21-53)62-40/h5-12,15,18-20,22-23,32,34,40,53-56H,4,13-14,16-17,21H2,1-3H3,(H,45,58)(H,46,47,57,60)/t32-,34-,40-/m0/s1. The average molecular weight is 859 g/mol. The zero-order valence-electron chi connectivity index (χ0n) is 33.7. The van der Waals surface area contributed by atoms with Crippen LogP contribution in [-0.4, -0.2) is 112 Å². The number of aromatic nitrogens is 5. The summed E-state index contributed by atoms with van der Waals surface area (Å²) in [6.07, 6.45) is -4.54. The van der Waals surface area contributed by atoms with Gasteiger partial charge in [-0.3, -0.25) is 23.5 Å². The Hall–Kier alpha value is -6.77. The first-order chi connectivity index (χ1) is 29.6. The van der Waals surface area contributed by atoms with E-state index in [1.165, 1.54) is 10.6 Å². The smallest absolute Gasteiger partial charge is 0.351 e. The van der Waals surface area contributed by atoms with Gasteiger partial charge < -0.3 is 45.4 Å². The number of amides is 3. The Labute approximate surface area is 352 Å². The van der Waals surface area contributed by atoms with Crippen LogP contribution in [0.5, 0.6) is 23.0 Å². The molecule has 5 aromatic rings. The number of likely N-dealkylation sites (tertiary alicyclic amines) is 1. The van der Waals surface area contributed by atoms with E-state index in [9.17, 15) is 48.4 Å². The van der Waals surface area contributed by atoms with Crippen molar-refractivity contribution in [2.24, 2.45) is 5.92 Å². The molecule has 326 valence electrons. The zero-order valence-corrected chi connectivity index (χ0v) is 33.7. The van der Waals surface area contributed by atoms with Crippen LogP contribution in [0.25, 0.3) is 17.1 Å². The van der Waals surface area contributed by atoms with Crippen LogP contribution in [0, 0.1) is 5.92 Å². The normalized spacial score (nSPS) is 18.8. The van der Waals surface area contributed by atoms with Crippen molar-refractivity contribution in [3.8, 4) is 40.1 Å². The van der Waals surface area contributed by atoms with Gasteiger partial charge in [0.2, 0.25) is 18.0 Å². The number of nitrogens with zero attached hydrogens (tertiary/aromatic N) is 6. The van der Waals surface area contributed by atoms with Gasteiger partial charge in [-0.15, -0.1) is 10.2 Å². The first-order valence-electron chi connectivity index (χ1n) is 19.8. The summed E-state index contributed by atoms with van der Waals surface area (Å²) in [6.45, 7) is 5.54. The minimum absolute atomic E-state index is 0.0190. The Morgan fingerprint density at radius 2 is 1.63 bits per heavy atom. The topological polar surface area (TPSA) is 243 Å². The van der Waals surface area contributed by atoms with E-state index >= 15 is 0 Å². The first kappa shape index (κ1) is 43.3. The third-order valence-corrected chi connectivity index (χ3v) is 10.7. The fraction of sp³-hybridized carbons (Fsp3) is 0.357. The molecule has 7 rings (SSSR count). The number of piperidine rings is 1. The third kappa shape index (κ3) is 8.56. The number of aliphatic hydroxyl groups is 2. The second kappa shape index (κ2) is 17.7. The highest BCUT2D eigenvalue weighted by atomic mass is 19.3. The van der Waals surface area contributed by atoms with Gasteiger partial charge in [0, 0.05) is 49.1 Å². The number of anilines is 1. The summed E-state index contributed by atoms with van der Waals surface area (Å²) in [5, 5.41) is 53.8. The fourth-order valence-electron chi connectivity index (χ4n) is 7.33. The molecular formula is C42H44F2N8O10. The van der Waals surface area contributed by atoms with Crippen LogP contribution in [0.3, 0.4) is 0 Å². The summed E-state index contributed by atoms with van der Waals surface area (Å²) < 4.78 is 42.1. The largest absolute Gasteiger partial charge is 0.508 e. The highest BCUT2D eigenvalue weighted by Crippen LogP contribution is 2.42. The molecule has 2 aromatic heterocycles. The average Bonchev–Trinajstić information content (AvgIpc) is 3.79. The number of carbonyl (C=O) groups excluding carboxylic acids is 3. The predicted octanol–water partition coefficient (Wildman–Crippen LogP) is 3.94. The van der Waals surface area contributed by atoms with Gasteiger partial charge >= 0.3 is 11.6 Å². The number of hydrogen-bond donors (Lipinski definition) is 6. The van der Waals surface area contributed by atoms with Gasteiger partial charge in [-0.05, 0) is 91.9 Å². The van der Waals surface area contributed by atoms with E-state index in [4.69, 9.17) is 9.47 Å². The minimum atomic E-state index is -3.88. The van der Waals surface area contributed by atoms with E-state index in [0.29, 0.717) is 52.3 Å². The van der Waals surface area contributed by atoms with Crippen molar-refractivity contribution in [2.75, 3.05) is 31.6 Å². The highest BCUT2D eigenvalue weighted by Gasteiger charge is 2.59. The lowest BCUT2D eigenvalue weighted by molar-refractivity contribution is -0.141. The Morgan fingerprint density at radius 1 is 0.968 bits per heavy atom. The van der Waals surface area contributed by atoms with Crippen LogP contribution >= 0.6 is 0 Å². The molecule has 0 radical (unpaired) electrons. The van der Waals surface area contributed by atoms with Gasteiger partial charge in [0.25, 0.3) is 11.8 Å². The maximum absolute atomic E-state index is 14.5. The molecule has 3 amide bonds. The molecule has 6 N–H and O–H groups in total. The number of hydrogen-bond acceptors (Lipinski definition) is 13. The van der Waals surface area contributed by atoms with E-state index in [-0.39, 0.29) is 59.4 Å². The number of phenols is 2. The van der Waals surface area contributed by atoms with Crippen LogP contribution in [0.2, 0.25) is 0 Å². The molecule has 20 heteroatoms. The Kier molecular flexibility index (Phi) is 12.4. The number of phenolic OH excluding ortho intramolecular Hbond substituents is 2. The lowest BCUT2D eigenvalue weighted by atomic mass is 9.95. The third-order valence-electron chi connectivity index (χ3n) is 10.7. The molecule has 0 spiro atoms. The number of aromatic hydroxyl groups is 2. The van der Waals surface area contributed by atoms with E-state index in [1.54, 1.807) is 66.4 Å². The molecule has 2 aliphatic heterocycles. The monoisotopic (exact) mass is 858 g/mol. The molecule has 0 unspecified atom stereocenters. The number of ether oxygens (including phenoxy) is 2. The molecule has 0 aliphatic carbocycles. The van der Waals surface area contributed by atoms with Gasteiger partial charge in [-0.1, -0.05) is 13.8 Å². The molecule has 18 nitrogen and oxygen atoms in total. The summed E-state index contributed by atoms with van der Waals surface area (Å²) in [7, 11) is 0. The Bertz CT molecular complexity index is 2520. The van der Waals surface area contributed by atoms with E-state index in [2.05, 4.69) is 25.8 Å². The van der Waals surface area contributed by atoms with Gasteiger partial charge in [0.15, 0.2) is 11.9 Å². The van der Waals surface area contributed by atoms with E-state index < -0.39 is 54.4 Å². The summed E-state index contributed by atoms with van der Waals surface area (Å²) in [4.78, 5) is 57.3. The Morgan fingerprint density at radius 3 is 2.23 bits per heavy atom.